The molecule has 2 aromatic rings. The number of ether oxygens (including phenoxy) is 1. The van der Waals surface area contributed by atoms with Crippen molar-refractivity contribution in [3.8, 4) is 5.75 Å². The van der Waals surface area contributed by atoms with E-state index in [9.17, 15) is 9.59 Å². The molecule has 3 rings (SSSR count). The lowest BCUT2D eigenvalue weighted by Gasteiger charge is -2.18. The van der Waals surface area contributed by atoms with Crippen molar-refractivity contribution >= 4 is 29.1 Å². The van der Waals surface area contributed by atoms with E-state index in [4.69, 9.17) is 16.3 Å². The first-order chi connectivity index (χ1) is 12.1. The van der Waals surface area contributed by atoms with Crippen molar-refractivity contribution in [1.29, 1.82) is 0 Å². The maximum atomic E-state index is 12.0. The van der Waals surface area contributed by atoms with Gasteiger partial charge in [0, 0.05) is 17.3 Å². The minimum absolute atomic E-state index is 0.190. The van der Waals surface area contributed by atoms with Gasteiger partial charge in [0.25, 0.3) is 11.8 Å². The number of carbonyl (C=O) groups is 2. The van der Waals surface area contributed by atoms with Crippen LogP contribution in [0.5, 0.6) is 5.75 Å². The van der Waals surface area contributed by atoms with Crippen molar-refractivity contribution in [1.82, 2.24) is 10.9 Å². The summed E-state index contributed by atoms with van der Waals surface area (Å²) in [5.41, 5.74) is 7.05. The van der Waals surface area contributed by atoms with Crippen LogP contribution in [0.4, 0.5) is 5.69 Å². The molecule has 0 aromatic heterocycles. The van der Waals surface area contributed by atoms with E-state index in [1.165, 1.54) is 5.56 Å². The van der Waals surface area contributed by atoms with Crippen LogP contribution in [-0.2, 0) is 16.0 Å². The van der Waals surface area contributed by atoms with Gasteiger partial charge in [-0.25, -0.2) is 0 Å². The lowest BCUT2D eigenvalue weighted by Crippen LogP contribution is -2.47. The van der Waals surface area contributed by atoms with Crippen LogP contribution in [0.3, 0.4) is 0 Å². The molecule has 0 bridgehead atoms. The first-order valence-electron chi connectivity index (χ1n) is 7.91. The minimum Gasteiger partial charge on any atom is -0.484 e. The van der Waals surface area contributed by atoms with Gasteiger partial charge < -0.3 is 9.64 Å². The normalized spacial score (nSPS) is 12.4. The Morgan fingerprint density at radius 1 is 1.04 bits per heavy atom. The zero-order valence-corrected chi connectivity index (χ0v) is 14.3. The van der Waals surface area contributed by atoms with E-state index < -0.39 is 5.91 Å². The van der Waals surface area contributed by atoms with Gasteiger partial charge in [-0.3, -0.25) is 20.4 Å². The monoisotopic (exact) mass is 359 g/mol. The van der Waals surface area contributed by atoms with Crippen LogP contribution in [0.25, 0.3) is 0 Å². The van der Waals surface area contributed by atoms with E-state index in [0.29, 0.717) is 10.8 Å². The first-order valence-corrected chi connectivity index (χ1v) is 8.28. The van der Waals surface area contributed by atoms with Gasteiger partial charge in [0.05, 0.1) is 6.54 Å². The van der Waals surface area contributed by atoms with Gasteiger partial charge in [-0.15, -0.1) is 0 Å². The van der Waals surface area contributed by atoms with Crippen LogP contribution < -0.4 is 20.5 Å². The molecule has 2 aromatic carbocycles. The minimum atomic E-state index is -0.440. The Labute approximate surface area is 150 Å². The van der Waals surface area contributed by atoms with E-state index in [0.717, 1.165) is 18.7 Å². The number of hydrazine groups is 1. The number of rotatable bonds is 5. The van der Waals surface area contributed by atoms with Crippen molar-refractivity contribution in [2.45, 2.75) is 6.42 Å². The predicted molar refractivity (Wildman–Crippen MR) is 95.6 cm³/mol. The van der Waals surface area contributed by atoms with E-state index in [1.807, 2.05) is 23.1 Å². The molecule has 0 atom stereocenters. The van der Waals surface area contributed by atoms with Crippen LogP contribution in [-0.4, -0.2) is 31.5 Å². The summed E-state index contributed by atoms with van der Waals surface area (Å²) in [6, 6.07) is 14.7. The Balaban J connectivity index is 1.40. The molecule has 130 valence electrons. The topological polar surface area (TPSA) is 70.7 Å². The van der Waals surface area contributed by atoms with Crippen molar-refractivity contribution in [2.75, 3.05) is 24.6 Å². The summed E-state index contributed by atoms with van der Waals surface area (Å²) in [7, 11) is 0. The highest BCUT2D eigenvalue weighted by molar-refractivity contribution is 6.30. The molecule has 1 aliphatic rings. The summed E-state index contributed by atoms with van der Waals surface area (Å²) in [6.07, 6.45) is 0.921. The molecular weight excluding hydrogens is 342 g/mol. The van der Waals surface area contributed by atoms with E-state index >= 15 is 0 Å². The van der Waals surface area contributed by atoms with Crippen molar-refractivity contribution in [3.05, 3.63) is 59.1 Å². The quantitative estimate of drug-likeness (QED) is 0.800. The summed E-state index contributed by atoms with van der Waals surface area (Å²) in [4.78, 5) is 25.7. The Morgan fingerprint density at radius 3 is 2.56 bits per heavy atom. The van der Waals surface area contributed by atoms with Gasteiger partial charge in [-0.2, -0.15) is 0 Å². The number of nitrogens with one attached hydrogen (secondary N) is 2. The number of halogens is 1. The van der Waals surface area contributed by atoms with Gasteiger partial charge in [-0.05, 0) is 42.3 Å². The average Bonchev–Trinajstić information content (AvgIpc) is 3.02. The fourth-order valence-corrected chi connectivity index (χ4v) is 2.76. The van der Waals surface area contributed by atoms with E-state index in [-0.39, 0.29) is 19.1 Å². The lowest BCUT2D eigenvalue weighted by molar-refractivity contribution is -0.129. The summed E-state index contributed by atoms with van der Waals surface area (Å²) in [5, 5.41) is 0.590. The molecule has 6 nitrogen and oxygen atoms in total. The molecule has 0 radical (unpaired) electrons. The molecule has 1 heterocycles. The second kappa shape index (κ2) is 7.90. The van der Waals surface area contributed by atoms with Gasteiger partial charge in [0.1, 0.15) is 5.75 Å². The Kier molecular flexibility index (Phi) is 5.40. The highest BCUT2D eigenvalue weighted by atomic mass is 35.5. The standard InChI is InChI=1S/C18H18ClN3O3/c19-14-5-7-15(8-6-14)25-12-18(24)21-20-17(23)11-22-10-9-13-3-1-2-4-16(13)22/h1-8H,9-12H2,(H,20,23)(H,21,24). The predicted octanol–water partition coefficient (Wildman–Crippen LogP) is 1.93. The molecule has 25 heavy (non-hydrogen) atoms. The smallest absolute Gasteiger partial charge is 0.276 e. The summed E-state index contributed by atoms with van der Waals surface area (Å²) in [5.74, 6) is -0.193. The molecule has 2 N–H and O–H groups in total. The fraction of sp³-hybridized carbons (Fsp3) is 0.222. The van der Waals surface area contributed by atoms with E-state index in [1.54, 1.807) is 24.3 Å². The van der Waals surface area contributed by atoms with Crippen molar-refractivity contribution < 1.29 is 14.3 Å². The number of benzene rings is 2. The maximum Gasteiger partial charge on any atom is 0.276 e. The third-order valence-electron chi connectivity index (χ3n) is 3.84. The third kappa shape index (κ3) is 4.64. The average molecular weight is 360 g/mol. The van der Waals surface area contributed by atoms with Crippen molar-refractivity contribution in [3.63, 3.8) is 0 Å². The van der Waals surface area contributed by atoms with Gasteiger partial charge in [0.15, 0.2) is 6.61 Å². The number of carbonyl (C=O) groups excluding carboxylic acids is 2. The molecule has 0 spiro atoms. The summed E-state index contributed by atoms with van der Waals surface area (Å²) >= 11 is 5.77. The van der Waals surface area contributed by atoms with Gasteiger partial charge >= 0.3 is 0 Å². The van der Waals surface area contributed by atoms with Crippen LogP contribution in [0.15, 0.2) is 48.5 Å². The largest absolute Gasteiger partial charge is 0.484 e. The third-order valence-corrected chi connectivity index (χ3v) is 4.09. The molecule has 0 aliphatic carbocycles. The number of anilines is 1. The highest BCUT2D eigenvalue weighted by Crippen LogP contribution is 2.26. The van der Waals surface area contributed by atoms with Crippen LogP contribution in [0.1, 0.15) is 5.56 Å². The molecule has 0 fully saturated rings. The first kappa shape index (κ1) is 17.1. The maximum absolute atomic E-state index is 12.0. The highest BCUT2D eigenvalue weighted by Gasteiger charge is 2.20. The summed E-state index contributed by atoms with van der Waals surface area (Å²) in [6.45, 7) is 0.782. The van der Waals surface area contributed by atoms with Gasteiger partial charge in [-0.1, -0.05) is 29.8 Å². The molecule has 2 amide bonds. The number of amides is 2. The fourth-order valence-electron chi connectivity index (χ4n) is 2.64. The Bertz CT molecular complexity index is 764. The zero-order chi connectivity index (χ0) is 17.6. The SMILES string of the molecule is O=C(COc1ccc(Cl)cc1)NNC(=O)CN1CCc2ccccc21. The molecule has 0 saturated heterocycles. The van der Waals surface area contributed by atoms with Gasteiger partial charge in [0.2, 0.25) is 0 Å². The second-order valence-corrected chi connectivity index (χ2v) is 6.08. The number of para-hydroxylation sites is 1. The second-order valence-electron chi connectivity index (χ2n) is 5.64. The van der Waals surface area contributed by atoms with Crippen molar-refractivity contribution in [2.24, 2.45) is 0 Å². The number of hydrogen-bond donors (Lipinski definition) is 2. The molecule has 7 heteroatoms. The number of hydrogen-bond acceptors (Lipinski definition) is 4. The van der Waals surface area contributed by atoms with Crippen LogP contribution in [0, 0.1) is 0 Å². The Morgan fingerprint density at radius 2 is 1.76 bits per heavy atom. The van der Waals surface area contributed by atoms with Crippen LogP contribution in [0.2, 0.25) is 5.02 Å². The molecule has 1 aliphatic heterocycles. The van der Waals surface area contributed by atoms with Crippen LogP contribution >= 0.6 is 11.6 Å². The molecule has 0 unspecified atom stereocenters. The van der Waals surface area contributed by atoms with E-state index in [2.05, 4.69) is 16.9 Å². The molecular formula is C18H18ClN3O3. The zero-order valence-electron chi connectivity index (χ0n) is 13.5. The summed E-state index contributed by atoms with van der Waals surface area (Å²) < 4.78 is 5.30. The molecule has 0 saturated carbocycles. The Hall–Kier alpha value is -2.73. The number of fused-ring (bicyclic) bond motifs is 1. The number of nitrogens with zero attached hydrogens (tertiary/aromatic N) is 1. The lowest BCUT2D eigenvalue weighted by atomic mass is 10.2.